The Bertz CT molecular complexity index is 1060. The van der Waals surface area contributed by atoms with Crippen LogP contribution in [0.15, 0.2) is 60.7 Å². The zero-order valence-electron chi connectivity index (χ0n) is 17.2. The lowest BCUT2D eigenvalue weighted by Gasteiger charge is -2.20. The molecule has 0 amide bonds. The van der Waals surface area contributed by atoms with Gasteiger partial charge in [-0.3, -0.25) is 0 Å². The van der Waals surface area contributed by atoms with Crippen molar-refractivity contribution in [1.82, 2.24) is 0 Å². The van der Waals surface area contributed by atoms with E-state index in [4.69, 9.17) is 0 Å². The summed E-state index contributed by atoms with van der Waals surface area (Å²) in [5.41, 5.74) is 4.99. The second-order valence-corrected chi connectivity index (χ2v) is 7.96. The van der Waals surface area contributed by atoms with E-state index in [0.717, 1.165) is 17.6 Å². The zero-order chi connectivity index (χ0) is 21.1. The van der Waals surface area contributed by atoms with Gasteiger partial charge in [0.2, 0.25) is 0 Å². The summed E-state index contributed by atoms with van der Waals surface area (Å²) in [7, 11) is 0. The fraction of sp³-hybridized carbons (Fsp3) is 0.259. The summed E-state index contributed by atoms with van der Waals surface area (Å²) in [6.07, 6.45) is 7.68. The largest absolute Gasteiger partial charge is 0.207 e. The SMILES string of the molecule is CCCCCc1ccc(C2=CCc3c(cc(F)c(-c4ccc(F)cc4)c3F)C2)cc1. The molecule has 0 radical (unpaired) electrons. The van der Waals surface area contributed by atoms with Crippen molar-refractivity contribution in [3.63, 3.8) is 0 Å². The maximum atomic E-state index is 15.2. The predicted molar refractivity (Wildman–Crippen MR) is 117 cm³/mol. The van der Waals surface area contributed by atoms with Gasteiger partial charge in [-0.25, -0.2) is 13.2 Å². The van der Waals surface area contributed by atoms with E-state index >= 15 is 4.39 Å². The van der Waals surface area contributed by atoms with Crippen LogP contribution in [-0.4, -0.2) is 0 Å². The molecule has 154 valence electrons. The molecule has 0 nitrogen and oxygen atoms in total. The van der Waals surface area contributed by atoms with Crippen LogP contribution in [0.1, 0.15) is 48.4 Å². The second kappa shape index (κ2) is 8.91. The molecule has 0 spiro atoms. The highest BCUT2D eigenvalue weighted by atomic mass is 19.1. The van der Waals surface area contributed by atoms with Crippen molar-refractivity contribution in [1.29, 1.82) is 0 Å². The molecule has 4 rings (SSSR count). The standard InChI is InChI=1S/C27H25F3/c1-2-3-4-5-18-6-8-19(9-7-18)21-12-15-24-22(16-21)17-25(29)26(27(24)30)20-10-13-23(28)14-11-20/h6-14,17H,2-5,15-16H2,1H3. The van der Waals surface area contributed by atoms with Crippen molar-refractivity contribution < 1.29 is 13.2 Å². The highest BCUT2D eigenvalue weighted by molar-refractivity contribution is 5.73. The maximum Gasteiger partial charge on any atom is 0.137 e. The number of hydrogen-bond donors (Lipinski definition) is 0. The first kappa shape index (κ1) is 20.5. The number of rotatable bonds is 6. The number of benzene rings is 3. The molecule has 3 heteroatoms. The normalized spacial score (nSPS) is 13.1. The predicted octanol–water partition coefficient (Wildman–Crippen LogP) is 7.69. The summed E-state index contributed by atoms with van der Waals surface area (Å²) in [6.45, 7) is 2.20. The van der Waals surface area contributed by atoms with Gasteiger partial charge >= 0.3 is 0 Å². The van der Waals surface area contributed by atoms with Crippen LogP contribution in [0.3, 0.4) is 0 Å². The van der Waals surface area contributed by atoms with E-state index < -0.39 is 17.5 Å². The Hall–Kier alpha value is -2.81. The van der Waals surface area contributed by atoms with Crippen LogP contribution in [0, 0.1) is 17.5 Å². The van der Waals surface area contributed by atoms with E-state index in [1.54, 1.807) is 0 Å². The highest BCUT2D eigenvalue weighted by Crippen LogP contribution is 2.36. The molecule has 3 aromatic carbocycles. The number of unbranched alkanes of at least 4 members (excludes halogenated alkanes) is 2. The first-order chi connectivity index (χ1) is 14.6. The molecule has 0 aromatic heterocycles. The van der Waals surface area contributed by atoms with Gasteiger partial charge in [0.15, 0.2) is 0 Å². The van der Waals surface area contributed by atoms with Crippen molar-refractivity contribution in [3.05, 3.63) is 100 Å². The lowest BCUT2D eigenvalue weighted by atomic mass is 9.85. The minimum atomic E-state index is -0.606. The summed E-state index contributed by atoms with van der Waals surface area (Å²) < 4.78 is 43.2. The minimum Gasteiger partial charge on any atom is -0.207 e. The van der Waals surface area contributed by atoms with Gasteiger partial charge in [-0.1, -0.05) is 62.2 Å². The second-order valence-electron chi connectivity index (χ2n) is 7.96. The molecule has 0 N–H and O–H groups in total. The fourth-order valence-electron chi connectivity index (χ4n) is 4.16. The van der Waals surface area contributed by atoms with Crippen molar-refractivity contribution >= 4 is 5.57 Å². The minimum absolute atomic E-state index is 0.0815. The van der Waals surface area contributed by atoms with Gasteiger partial charge in [0.05, 0.1) is 5.56 Å². The Kier molecular flexibility index (Phi) is 6.08. The molecule has 0 atom stereocenters. The maximum absolute atomic E-state index is 15.2. The summed E-state index contributed by atoms with van der Waals surface area (Å²) in [5.74, 6) is -1.58. The summed E-state index contributed by atoms with van der Waals surface area (Å²) in [4.78, 5) is 0. The number of allylic oxidation sites excluding steroid dienone is 2. The summed E-state index contributed by atoms with van der Waals surface area (Å²) in [6, 6.07) is 15.2. The Labute approximate surface area is 176 Å². The van der Waals surface area contributed by atoms with Crippen LogP contribution in [0.4, 0.5) is 13.2 Å². The third kappa shape index (κ3) is 4.21. The highest BCUT2D eigenvalue weighted by Gasteiger charge is 2.22. The molecule has 0 bridgehead atoms. The molecule has 0 fully saturated rings. The topological polar surface area (TPSA) is 0 Å². The van der Waals surface area contributed by atoms with Crippen LogP contribution < -0.4 is 0 Å². The number of fused-ring (bicyclic) bond motifs is 1. The van der Waals surface area contributed by atoms with Gasteiger partial charge in [-0.05, 0) is 77.3 Å². The van der Waals surface area contributed by atoms with Crippen molar-refractivity contribution in [2.75, 3.05) is 0 Å². The van der Waals surface area contributed by atoms with Gasteiger partial charge in [-0.2, -0.15) is 0 Å². The van der Waals surface area contributed by atoms with Crippen LogP contribution in [0.5, 0.6) is 0 Å². The number of halogens is 3. The van der Waals surface area contributed by atoms with E-state index in [1.807, 2.05) is 6.08 Å². The lowest BCUT2D eigenvalue weighted by molar-refractivity contribution is 0.577. The van der Waals surface area contributed by atoms with Crippen LogP contribution in [0.25, 0.3) is 16.7 Å². The molecule has 30 heavy (non-hydrogen) atoms. The molecular weight excluding hydrogens is 381 g/mol. The summed E-state index contributed by atoms with van der Waals surface area (Å²) >= 11 is 0. The van der Waals surface area contributed by atoms with Crippen LogP contribution in [0.2, 0.25) is 0 Å². The fourth-order valence-corrected chi connectivity index (χ4v) is 4.16. The van der Waals surface area contributed by atoms with E-state index in [1.165, 1.54) is 55.2 Å². The first-order valence-corrected chi connectivity index (χ1v) is 10.6. The Morgan fingerprint density at radius 1 is 0.833 bits per heavy atom. The molecule has 1 aliphatic rings. The molecule has 3 aromatic rings. The molecule has 0 saturated heterocycles. The molecular formula is C27H25F3. The van der Waals surface area contributed by atoms with E-state index in [9.17, 15) is 8.78 Å². The van der Waals surface area contributed by atoms with Crippen LogP contribution >= 0.6 is 0 Å². The molecule has 0 unspecified atom stereocenters. The number of hydrogen-bond acceptors (Lipinski definition) is 0. The Morgan fingerprint density at radius 3 is 2.23 bits per heavy atom. The molecule has 0 aliphatic heterocycles. The summed E-state index contributed by atoms with van der Waals surface area (Å²) in [5, 5.41) is 0. The quantitative estimate of drug-likeness (QED) is 0.368. The monoisotopic (exact) mass is 406 g/mol. The van der Waals surface area contributed by atoms with Gasteiger partial charge in [0, 0.05) is 0 Å². The molecule has 0 saturated carbocycles. The van der Waals surface area contributed by atoms with Crippen LogP contribution in [-0.2, 0) is 19.3 Å². The van der Waals surface area contributed by atoms with Crippen molar-refractivity contribution in [2.24, 2.45) is 0 Å². The van der Waals surface area contributed by atoms with Gasteiger partial charge in [0.1, 0.15) is 17.5 Å². The smallest absolute Gasteiger partial charge is 0.137 e. The third-order valence-electron chi connectivity index (χ3n) is 5.87. The first-order valence-electron chi connectivity index (χ1n) is 10.6. The van der Waals surface area contributed by atoms with E-state index in [2.05, 4.69) is 31.2 Å². The van der Waals surface area contributed by atoms with Gasteiger partial charge in [0.25, 0.3) is 0 Å². The molecule has 1 aliphatic carbocycles. The Balaban J connectivity index is 1.58. The third-order valence-corrected chi connectivity index (χ3v) is 5.87. The average molecular weight is 406 g/mol. The average Bonchev–Trinajstić information content (AvgIpc) is 2.75. The van der Waals surface area contributed by atoms with E-state index in [0.29, 0.717) is 29.5 Å². The molecule has 0 heterocycles. The Morgan fingerprint density at radius 2 is 1.53 bits per heavy atom. The van der Waals surface area contributed by atoms with Gasteiger partial charge < -0.3 is 0 Å². The lowest BCUT2D eigenvalue weighted by Crippen LogP contribution is -2.08. The number of aryl methyl sites for hydroxylation is 1. The van der Waals surface area contributed by atoms with E-state index in [-0.39, 0.29) is 5.56 Å². The van der Waals surface area contributed by atoms with Crippen molar-refractivity contribution in [3.8, 4) is 11.1 Å². The van der Waals surface area contributed by atoms with Crippen molar-refractivity contribution in [2.45, 2.75) is 45.4 Å². The van der Waals surface area contributed by atoms with Gasteiger partial charge in [-0.15, -0.1) is 0 Å². The zero-order valence-corrected chi connectivity index (χ0v) is 17.2.